The van der Waals surface area contributed by atoms with Crippen molar-refractivity contribution in [1.82, 2.24) is 10.3 Å². The molecule has 1 rings (SSSR count). The van der Waals surface area contributed by atoms with E-state index in [1.807, 2.05) is 6.08 Å². The van der Waals surface area contributed by atoms with Crippen LogP contribution in [0.4, 0.5) is 0 Å². The average Bonchev–Trinajstić information content (AvgIpc) is 2.42. The molecule has 3 heteroatoms. The van der Waals surface area contributed by atoms with Gasteiger partial charge in [-0.25, -0.2) is 0 Å². The number of hydrogen-bond donors (Lipinski definition) is 2. The first-order valence-electron chi connectivity index (χ1n) is 8.31. The summed E-state index contributed by atoms with van der Waals surface area (Å²) in [6, 6.07) is 0.406. The van der Waals surface area contributed by atoms with Gasteiger partial charge in [-0.2, -0.15) is 0 Å². The number of unbranched alkanes of at least 4 members (excludes halogenated alkanes) is 3. The first-order chi connectivity index (χ1) is 9.56. The molecular formula is C17H35N3. The highest BCUT2D eigenvalue weighted by Crippen LogP contribution is 2.39. The summed E-state index contributed by atoms with van der Waals surface area (Å²) in [6.07, 6.45) is 13.4. The van der Waals surface area contributed by atoms with Crippen molar-refractivity contribution in [3.05, 3.63) is 12.7 Å². The topological polar surface area (TPSA) is 41.3 Å². The molecule has 0 aromatic heterocycles. The number of hydrogen-bond acceptors (Lipinski definition) is 3. The SMILES string of the molecule is C=CCCCCCC(NN)C1(N(C)C)CCCC(C)C1. The van der Waals surface area contributed by atoms with Crippen molar-refractivity contribution < 1.29 is 0 Å². The monoisotopic (exact) mass is 281 g/mol. The molecule has 0 aromatic rings. The van der Waals surface area contributed by atoms with Gasteiger partial charge in [-0.1, -0.05) is 38.7 Å². The highest BCUT2D eigenvalue weighted by molar-refractivity contribution is 5.01. The Balaban J connectivity index is 2.59. The molecular weight excluding hydrogens is 246 g/mol. The van der Waals surface area contributed by atoms with E-state index in [2.05, 4.69) is 37.9 Å². The van der Waals surface area contributed by atoms with Gasteiger partial charge in [0.2, 0.25) is 0 Å². The normalized spacial score (nSPS) is 28.6. The third-order valence-corrected chi connectivity index (χ3v) is 5.15. The van der Waals surface area contributed by atoms with Crippen molar-refractivity contribution in [1.29, 1.82) is 0 Å². The van der Waals surface area contributed by atoms with Crippen LogP contribution in [0.3, 0.4) is 0 Å². The number of nitrogens with zero attached hydrogens (tertiary/aromatic N) is 1. The zero-order valence-electron chi connectivity index (χ0n) is 13.8. The number of rotatable bonds is 9. The lowest BCUT2D eigenvalue weighted by atomic mass is 9.70. The largest absolute Gasteiger partial charge is 0.302 e. The van der Waals surface area contributed by atoms with Gasteiger partial charge in [-0.15, -0.1) is 6.58 Å². The van der Waals surface area contributed by atoms with Crippen molar-refractivity contribution in [2.75, 3.05) is 14.1 Å². The molecule has 0 spiro atoms. The van der Waals surface area contributed by atoms with Gasteiger partial charge in [-0.05, 0) is 52.1 Å². The molecule has 0 radical (unpaired) electrons. The van der Waals surface area contributed by atoms with Crippen LogP contribution in [0.25, 0.3) is 0 Å². The maximum absolute atomic E-state index is 5.92. The Morgan fingerprint density at radius 2 is 2.15 bits per heavy atom. The molecule has 20 heavy (non-hydrogen) atoms. The third-order valence-electron chi connectivity index (χ3n) is 5.15. The van der Waals surface area contributed by atoms with Gasteiger partial charge in [-0.3, -0.25) is 11.3 Å². The van der Waals surface area contributed by atoms with Gasteiger partial charge in [0.1, 0.15) is 0 Å². The molecule has 0 aromatic carbocycles. The van der Waals surface area contributed by atoms with E-state index in [9.17, 15) is 0 Å². The van der Waals surface area contributed by atoms with Crippen LogP contribution in [0.2, 0.25) is 0 Å². The first-order valence-corrected chi connectivity index (χ1v) is 8.31. The Labute approximate surface area is 126 Å². The Morgan fingerprint density at radius 1 is 1.40 bits per heavy atom. The van der Waals surface area contributed by atoms with Crippen molar-refractivity contribution in [3.8, 4) is 0 Å². The Morgan fingerprint density at radius 3 is 2.70 bits per heavy atom. The molecule has 3 unspecified atom stereocenters. The second-order valence-corrected chi connectivity index (χ2v) is 6.85. The lowest BCUT2D eigenvalue weighted by molar-refractivity contribution is 0.0334. The van der Waals surface area contributed by atoms with E-state index in [0.717, 1.165) is 12.3 Å². The molecule has 1 fully saturated rings. The molecule has 3 nitrogen and oxygen atoms in total. The lowest BCUT2D eigenvalue weighted by Crippen LogP contribution is -2.62. The summed E-state index contributed by atoms with van der Waals surface area (Å²) < 4.78 is 0. The molecule has 118 valence electrons. The van der Waals surface area contributed by atoms with Crippen LogP contribution in [0.1, 0.15) is 64.7 Å². The van der Waals surface area contributed by atoms with Crippen LogP contribution in [0.15, 0.2) is 12.7 Å². The van der Waals surface area contributed by atoms with Crippen molar-refractivity contribution in [2.45, 2.75) is 76.3 Å². The van der Waals surface area contributed by atoms with Crippen LogP contribution in [0.5, 0.6) is 0 Å². The zero-order chi connectivity index (χ0) is 15.0. The first kappa shape index (κ1) is 17.7. The molecule has 0 bridgehead atoms. The molecule has 1 saturated carbocycles. The molecule has 3 N–H and O–H groups in total. The highest BCUT2D eigenvalue weighted by atomic mass is 15.3. The highest BCUT2D eigenvalue weighted by Gasteiger charge is 2.42. The average molecular weight is 281 g/mol. The Bertz CT molecular complexity index is 277. The second kappa shape index (κ2) is 8.81. The van der Waals surface area contributed by atoms with Crippen LogP contribution in [-0.2, 0) is 0 Å². The summed E-state index contributed by atoms with van der Waals surface area (Å²) >= 11 is 0. The minimum Gasteiger partial charge on any atom is -0.302 e. The fraction of sp³-hybridized carbons (Fsp3) is 0.882. The fourth-order valence-electron chi connectivity index (χ4n) is 3.92. The summed E-state index contributed by atoms with van der Waals surface area (Å²) in [5, 5.41) is 0. The van der Waals surface area contributed by atoms with E-state index in [-0.39, 0.29) is 5.54 Å². The zero-order valence-corrected chi connectivity index (χ0v) is 13.8. The predicted octanol–water partition coefficient (Wildman–Crippen LogP) is 3.47. The number of hydrazine groups is 1. The van der Waals surface area contributed by atoms with Gasteiger partial charge in [0, 0.05) is 11.6 Å². The summed E-state index contributed by atoms with van der Waals surface area (Å²) in [6.45, 7) is 6.17. The standard InChI is InChI=1S/C17H35N3/c1-5-6-7-8-9-12-16(19-18)17(20(3)4)13-10-11-15(2)14-17/h5,15-16,19H,1,6-14,18H2,2-4H3. The van der Waals surface area contributed by atoms with E-state index in [1.54, 1.807) is 0 Å². The van der Waals surface area contributed by atoms with E-state index < -0.39 is 0 Å². The number of nitrogens with one attached hydrogen (secondary N) is 1. The van der Waals surface area contributed by atoms with E-state index in [0.29, 0.717) is 6.04 Å². The fourth-order valence-corrected chi connectivity index (χ4v) is 3.92. The maximum atomic E-state index is 5.92. The molecule has 0 amide bonds. The van der Waals surface area contributed by atoms with Gasteiger partial charge >= 0.3 is 0 Å². The van der Waals surface area contributed by atoms with Crippen LogP contribution in [0, 0.1) is 5.92 Å². The lowest BCUT2D eigenvalue weighted by Gasteiger charge is -2.50. The number of allylic oxidation sites excluding steroid dienone is 1. The third kappa shape index (κ3) is 4.57. The van der Waals surface area contributed by atoms with Gasteiger partial charge in [0.15, 0.2) is 0 Å². The quantitative estimate of drug-likeness (QED) is 0.294. The molecule has 0 saturated heterocycles. The maximum Gasteiger partial charge on any atom is 0.0394 e. The molecule has 1 aliphatic rings. The van der Waals surface area contributed by atoms with Gasteiger partial charge in [0.05, 0.1) is 0 Å². The molecule has 0 aliphatic heterocycles. The van der Waals surface area contributed by atoms with Crippen LogP contribution in [-0.4, -0.2) is 30.6 Å². The number of nitrogens with two attached hydrogens (primary N) is 1. The summed E-state index contributed by atoms with van der Waals surface area (Å²) in [7, 11) is 4.44. The van der Waals surface area contributed by atoms with E-state index >= 15 is 0 Å². The summed E-state index contributed by atoms with van der Waals surface area (Å²) in [4.78, 5) is 2.43. The van der Waals surface area contributed by atoms with Crippen molar-refractivity contribution in [3.63, 3.8) is 0 Å². The predicted molar refractivity (Wildman–Crippen MR) is 88.4 cm³/mol. The summed E-state index contributed by atoms with van der Waals surface area (Å²) in [5.74, 6) is 6.73. The second-order valence-electron chi connectivity index (χ2n) is 6.85. The smallest absolute Gasteiger partial charge is 0.0394 e. The van der Waals surface area contributed by atoms with E-state index in [1.165, 1.54) is 51.4 Å². The Hall–Kier alpha value is -0.380. The minimum atomic E-state index is 0.241. The Kier molecular flexibility index (Phi) is 7.78. The van der Waals surface area contributed by atoms with Crippen LogP contribution < -0.4 is 11.3 Å². The van der Waals surface area contributed by atoms with E-state index in [4.69, 9.17) is 5.84 Å². The van der Waals surface area contributed by atoms with Crippen molar-refractivity contribution in [2.24, 2.45) is 11.8 Å². The molecule has 0 heterocycles. The van der Waals surface area contributed by atoms with Crippen LogP contribution >= 0.6 is 0 Å². The van der Waals surface area contributed by atoms with Gasteiger partial charge in [0.25, 0.3) is 0 Å². The van der Waals surface area contributed by atoms with Crippen molar-refractivity contribution >= 4 is 0 Å². The molecule has 1 aliphatic carbocycles. The molecule has 3 atom stereocenters. The summed E-state index contributed by atoms with van der Waals surface area (Å²) in [5.41, 5.74) is 3.38. The minimum absolute atomic E-state index is 0.241. The van der Waals surface area contributed by atoms with Gasteiger partial charge < -0.3 is 4.90 Å². The number of likely N-dealkylation sites (N-methyl/N-ethyl adjacent to an activating group) is 1.